The number of methoxy groups -OCH3 is 1. The molecule has 7 heteroatoms. The number of hydrogen-bond donors (Lipinski definition) is 1. The van der Waals surface area contributed by atoms with Gasteiger partial charge in [0.15, 0.2) is 5.11 Å². The maximum Gasteiger partial charge on any atom is 0.190 e. The molecule has 1 aliphatic heterocycles. The highest BCUT2D eigenvalue weighted by atomic mass is 32.1. The SMILES string of the molecule is COc1ccc(C2=NN(C(=S)NCCc3ccccc3)[C@H](c3ccc4nccnc4c3)C2)cc1. The Kier molecular flexibility index (Phi) is 6.44. The van der Waals surface area contributed by atoms with Crippen molar-refractivity contribution in [3.63, 3.8) is 0 Å². The van der Waals surface area contributed by atoms with E-state index in [1.807, 2.05) is 41.4 Å². The number of fused-ring (bicyclic) bond motifs is 1. The minimum absolute atomic E-state index is 0.0276. The summed E-state index contributed by atoms with van der Waals surface area (Å²) in [7, 11) is 1.67. The molecule has 0 saturated heterocycles. The zero-order valence-corrected chi connectivity index (χ0v) is 19.7. The highest BCUT2D eigenvalue weighted by Gasteiger charge is 2.31. The molecule has 5 rings (SSSR count). The average Bonchev–Trinajstić information content (AvgIpc) is 3.35. The van der Waals surface area contributed by atoms with Crippen LogP contribution in [-0.4, -0.2) is 39.5 Å². The molecular weight excluding hydrogens is 442 g/mol. The van der Waals surface area contributed by atoms with Crippen LogP contribution in [0.15, 0.2) is 90.3 Å². The summed E-state index contributed by atoms with van der Waals surface area (Å²) < 4.78 is 5.31. The number of thiocarbonyl (C=S) groups is 1. The van der Waals surface area contributed by atoms with E-state index < -0.39 is 0 Å². The summed E-state index contributed by atoms with van der Waals surface area (Å²) in [6.07, 6.45) is 5.05. The quantitative estimate of drug-likeness (QED) is 0.407. The first-order chi connectivity index (χ1) is 16.7. The van der Waals surface area contributed by atoms with Crippen LogP contribution in [-0.2, 0) is 6.42 Å². The van der Waals surface area contributed by atoms with Crippen molar-refractivity contribution >= 4 is 34.1 Å². The number of benzene rings is 3. The Balaban J connectivity index is 1.40. The van der Waals surface area contributed by atoms with E-state index in [4.69, 9.17) is 22.1 Å². The van der Waals surface area contributed by atoms with Gasteiger partial charge in [0, 0.05) is 25.4 Å². The van der Waals surface area contributed by atoms with Gasteiger partial charge >= 0.3 is 0 Å². The van der Waals surface area contributed by atoms with E-state index in [1.54, 1.807) is 19.5 Å². The van der Waals surface area contributed by atoms with Crippen LogP contribution < -0.4 is 10.1 Å². The molecule has 0 bridgehead atoms. The summed E-state index contributed by atoms with van der Waals surface area (Å²) in [6, 6.07) is 24.5. The fraction of sp³-hybridized carbons (Fsp3) is 0.185. The van der Waals surface area contributed by atoms with Crippen molar-refractivity contribution in [2.75, 3.05) is 13.7 Å². The van der Waals surface area contributed by atoms with Gasteiger partial charge in [0.1, 0.15) is 5.75 Å². The zero-order valence-electron chi connectivity index (χ0n) is 18.9. The second-order valence-electron chi connectivity index (χ2n) is 8.11. The van der Waals surface area contributed by atoms with Gasteiger partial charge in [-0.1, -0.05) is 36.4 Å². The van der Waals surface area contributed by atoms with Gasteiger partial charge in [-0.05, 0) is 71.7 Å². The molecule has 1 aliphatic rings. The number of nitrogens with one attached hydrogen (secondary N) is 1. The molecule has 1 N–H and O–H groups in total. The standard InChI is InChI=1S/C27H25N5OS/c1-33-22-10-7-20(8-11-22)24-18-26(21-9-12-23-25(17-21)29-16-15-28-23)32(31-24)27(34)30-14-13-19-5-3-2-4-6-19/h2-12,15-17,26H,13-14,18H2,1H3,(H,30,34)/t26-/m0/s1. The van der Waals surface area contributed by atoms with Crippen LogP contribution in [0.3, 0.4) is 0 Å². The Morgan fingerprint density at radius 3 is 2.53 bits per heavy atom. The lowest BCUT2D eigenvalue weighted by molar-refractivity contribution is 0.364. The molecule has 0 unspecified atom stereocenters. The Bertz CT molecular complexity index is 1320. The van der Waals surface area contributed by atoms with Crippen molar-refractivity contribution in [2.24, 2.45) is 5.10 Å². The van der Waals surface area contributed by atoms with Crippen molar-refractivity contribution < 1.29 is 4.74 Å². The van der Waals surface area contributed by atoms with Crippen LogP contribution >= 0.6 is 12.2 Å². The predicted molar refractivity (Wildman–Crippen MR) is 139 cm³/mol. The van der Waals surface area contributed by atoms with Crippen molar-refractivity contribution in [1.82, 2.24) is 20.3 Å². The summed E-state index contributed by atoms with van der Waals surface area (Å²) in [5, 5.41) is 10.9. The minimum atomic E-state index is -0.0276. The van der Waals surface area contributed by atoms with Crippen LogP contribution in [0, 0.1) is 0 Å². The molecule has 0 amide bonds. The van der Waals surface area contributed by atoms with Crippen molar-refractivity contribution in [3.05, 3.63) is 102 Å². The average molecular weight is 468 g/mol. The van der Waals surface area contributed by atoms with Gasteiger partial charge in [0.2, 0.25) is 0 Å². The van der Waals surface area contributed by atoms with E-state index in [0.29, 0.717) is 5.11 Å². The molecule has 1 atom stereocenters. The summed E-state index contributed by atoms with van der Waals surface area (Å²) in [4.78, 5) is 8.88. The Hall–Kier alpha value is -3.84. The van der Waals surface area contributed by atoms with Crippen molar-refractivity contribution in [2.45, 2.75) is 18.9 Å². The van der Waals surface area contributed by atoms with Crippen LogP contribution in [0.25, 0.3) is 11.0 Å². The number of rotatable bonds is 6. The Labute approximate surface area is 204 Å². The van der Waals surface area contributed by atoms with Crippen LogP contribution in [0.2, 0.25) is 0 Å². The number of hydrazone groups is 1. The van der Waals surface area contributed by atoms with Crippen LogP contribution in [0.1, 0.15) is 29.2 Å². The lowest BCUT2D eigenvalue weighted by Gasteiger charge is -2.25. The van der Waals surface area contributed by atoms with Gasteiger partial charge in [0.05, 0.1) is 29.9 Å². The van der Waals surface area contributed by atoms with Gasteiger partial charge in [-0.25, -0.2) is 5.01 Å². The van der Waals surface area contributed by atoms with E-state index in [-0.39, 0.29) is 6.04 Å². The number of ether oxygens (including phenoxy) is 1. The second-order valence-corrected chi connectivity index (χ2v) is 8.50. The molecule has 0 radical (unpaired) electrons. The number of aromatic nitrogens is 2. The summed E-state index contributed by atoms with van der Waals surface area (Å²) in [5.41, 5.74) is 6.15. The Morgan fingerprint density at radius 2 is 1.76 bits per heavy atom. The first kappa shape index (κ1) is 22.0. The molecule has 6 nitrogen and oxygen atoms in total. The summed E-state index contributed by atoms with van der Waals surface area (Å²) in [6.45, 7) is 0.739. The third-order valence-electron chi connectivity index (χ3n) is 5.95. The molecule has 170 valence electrons. The van der Waals surface area contributed by atoms with Gasteiger partial charge < -0.3 is 10.1 Å². The number of nitrogens with zero attached hydrogens (tertiary/aromatic N) is 4. The van der Waals surface area contributed by atoms with E-state index in [0.717, 1.165) is 53.0 Å². The smallest absolute Gasteiger partial charge is 0.190 e. The van der Waals surface area contributed by atoms with Gasteiger partial charge in [-0.15, -0.1) is 0 Å². The predicted octanol–water partition coefficient (Wildman–Crippen LogP) is 4.91. The van der Waals surface area contributed by atoms with Crippen LogP contribution in [0.4, 0.5) is 0 Å². The lowest BCUT2D eigenvalue weighted by Crippen LogP contribution is -2.37. The molecule has 34 heavy (non-hydrogen) atoms. The highest BCUT2D eigenvalue weighted by Crippen LogP contribution is 2.34. The molecule has 2 heterocycles. The largest absolute Gasteiger partial charge is 0.497 e. The maximum atomic E-state index is 5.80. The van der Waals surface area contributed by atoms with E-state index in [9.17, 15) is 0 Å². The van der Waals surface area contributed by atoms with Gasteiger partial charge in [0.25, 0.3) is 0 Å². The first-order valence-electron chi connectivity index (χ1n) is 11.2. The van der Waals surface area contributed by atoms with E-state index >= 15 is 0 Å². The monoisotopic (exact) mass is 467 g/mol. The first-order valence-corrected chi connectivity index (χ1v) is 11.7. The zero-order chi connectivity index (χ0) is 23.3. The summed E-state index contributed by atoms with van der Waals surface area (Å²) in [5.74, 6) is 0.821. The van der Waals surface area contributed by atoms with Crippen molar-refractivity contribution in [3.8, 4) is 5.75 Å². The number of hydrogen-bond acceptors (Lipinski definition) is 5. The van der Waals surface area contributed by atoms with Gasteiger partial charge in [-0.3, -0.25) is 9.97 Å². The van der Waals surface area contributed by atoms with E-state index in [2.05, 4.69) is 51.7 Å². The molecule has 4 aromatic rings. The topological polar surface area (TPSA) is 62.6 Å². The lowest BCUT2D eigenvalue weighted by atomic mass is 9.98. The molecule has 0 fully saturated rings. The molecule has 0 saturated carbocycles. The summed E-state index contributed by atoms with van der Waals surface area (Å²) >= 11 is 5.80. The Morgan fingerprint density at radius 1 is 1.00 bits per heavy atom. The highest BCUT2D eigenvalue weighted by molar-refractivity contribution is 7.80. The van der Waals surface area contributed by atoms with E-state index in [1.165, 1.54) is 5.56 Å². The third kappa shape index (κ3) is 4.75. The van der Waals surface area contributed by atoms with Gasteiger partial charge in [-0.2, -0.15) is 5.10 Å². The molecule has 3 aromatic carbocycles. The molecular formula is C27H25N5OS. The van der Waals surface area contributed by atoms with Crippen molar-refractivity contribution in [1.29, 1.82) is 0 Å². The second kappa shape index (κ2) is 9.97. The fourth-order valence-electron chi connectivity index (χ4n) is 4.14. The molecule has 0 spiro atoms. The molecule has 1 aromatic heterocycles. The minimum Gasteiger partial charge on any atom is -0.497 e. The fourth-order valence-corrected chi connectivity index (χ4v) is 4.41. The normalized spacial score (nSPS) is 15.3. The molecule has 0 aliphatic carbocycles. The maximum absolute atomic E-state index is 5.80. The van der Waals surface area contributed by atoms with Crippen LogP contribution in [0.5, 0.6) is 5.75 Å². The third-order valence-corrected chi connectivity index (χ3v) is 6.28.